The highest BCUT2D eigenvalue weighted by Crippen LogP contribution is 2.43. The third-order valence-corrected chi connectivity index (χ3v) is 6.94. The second-order valence-corrected chi connectivity index (χ2v) is 8.58. The van der Waals surface area contributed by atoms with Gasteiger partial charge in [-0.1, -0.05) is 18.2 Å². The molecule has 4 aliphatic rings. The summed E-state index contributed by atoms with van der Waals surface area (Å²) >= 11 is 1.71. The van der Waals surface area contributed by atoms with E-state index in [0.717, 1.165) is 17.0 Å². The van der Waals surface area contributed by atoms with E-state index in [-0.39, 0.29) is 18.3 Å². The largest absolute Gasteiger partial charge is 0.349 e. The fourth-order valence-electron chi connectivity index (χ4n) is 5.13. The van der Waals surface area contributed by atoms with E-state index in [1.165, 1.54) is 37.4 Å². The van der Waals surface area contributed by atoms with Crippen LogP contribution in [0.2, 0.25) is 0 Å². The molecule has 5 heteroatoms. The van der Waals surface area contributed by atoms with Crippen LogP contribution in [0.5, 0.6) is 0 Å². The maximum absolute atomic E-state index is 12.8. The number of thiophene rings is 1. The van der Waals surface area contributed by atoms with Gasteiger partial charge in [-0.15, -0.1) is 23.7 Å². The standard InChI is InChI=1S/C20H22N2OS.ClH/c23-20(15-4-1-3-14(9-15)18-5-2-6-24-18)21-19-16-7-13-8-17(19)12-22(10-13)11-16;/h1-6,9,13,16-17,19H,7-8,10-12H2,(H,21,23);1H. The first-order valence-electron chi connectivity index (χ1n) is 8.93. The third-order valence-electron chi connectivity index (χ3n) is 6.02. The van der Waals surface area contributed by atoms with Gasteiger partial charge in [0.25, 0.3) is 5.91 Å². The first-order valence-corrected chi connectivity index (χ1v) is 9.81. The molecule has 2 unspecified atom stereocenters. The van der Waals surface area contributed by atoms with Gasteiger partial charge in [-0.25, -0.2) is 0 Å². The maximum Gasteiger partial charge on any atom is 0.251 e. The molecule has 4 heterocycles. The van der Waals surface area contributed by atoms with Crippen molar-refractivity contribution < 1.29 is 4.79 Å². The Hall–Kier alpha value is -1.36. The number of nitrogens with one attached hydrogen (secondary N) is 1. The third kappa shape index (κ3) is 3.12. The van der Waals surface area contributed by atoms with Gasteiger partial charge in [0.05, 0.1) is 0 Å². The number of carbonyl (C=O) groups excluding carboxylic acids is 1. The normalized spacial score (nSPS) is 32.2. The minimum absolute atomic E-state index is 0. The summed E-state index contributed by atoms with van der Waals surface area (Å²) in [6, 6.07) is 12.6. The van der Waals surface area contributed by atoms with Crippen molar-refractivity contribution in [2.45, 2.75) is 18.9 Å². The molecule has 4 bridgehead atoms. The molecule has 3 saturated heterocycles. The second-order valence-electron chi connectivity index (χ2n) is 7.63. The minimum Gasteiger partial charge on any atom is -0.349 e. The van der Waals surface area contributed by atoms with Crippen LogP contribution in [0.15, 0.2) is 41.8 Å². The predicted molar refractivity (Wildman–Crippen MR) is 104 cm³/mol. The van der Waals surface area contributed by atoms with Crippen LogP contribution in [-0.4, -0.2) is 36.5 Å². The maximum atomic E-state index is 12.8. The molecular formula is C20H23ClN2OS. The highest BCUT2D eigenvalue weighted by molar-refractivity contribution is 7.13. The number of hydrogen-bond acceptors (Lipinski definition) is 3. The molecule has 2 aromatic rings. The van der Waals surface area contributed by atoms with Crippen molar-refractivity contribution in [3.05, 3.63) is 47.3 Å². The lowest BCUT2D eigenvalue weighted by atomic mass is 9.65. The summed E-state index contributed by atoms with van der Waals surface area (Å²) in [5.74, 6) is 2.28. The van der Waals surface area contributed by atoms with Crippen molar-refractivity contribution in [1.82, 2.24) is 10.2 Å². The molecule has 1 aliphatic carbocycles. The first kappa shape index (κ1) is 17.1. The summed E-state index contributed by atoms with van der Waals surface area (Å²) in [6.07, 6.45) is 2.60. The zero-order valence-electron chi connectivity index (χ0n) is 14.1. The van der Waals surface area contributed by atoms with Gasteiger partial charge in [-0.3, -0.25) is 4.79 Å². The van der Waals surface area contributed by atoms with E-state index in [2.05, 4.69) is 33.8 Å². The molecule has 3 aliphatic heterocycles. The SMILES string of the molecule is Cl.O=C(NC1C2CC3CC1CN(C3)C2)c1cccc(-c2cccs2)c1. The molecule has 3 nitrogen and oxygen atoms in total. The van der Waals surface area contributed by atoms with E-state index in [9.17, 15) is 4.79 Å². The number of hydrogen-bond donors (Lipinski definition) is 1. The van der Waals surface area contributed by atoms with Crippen LogP contribution in [0.25, 0.3) is 10.4 Å². The minimum atomic E-state index is 0. The average molecular weight is 375 g/mol. The number of rotatable bonds is 3. The lowest BCUT2D eigenvalue weighted by Gasteiger charge is -2.55. The van der Waals surface area contributed by atoms with Gasteiger partial charge >= 0.3 is 0 Å². The fraction of sp³-hybridized carbons (Fsp3) is 0.450. The number of nitrogens with zero attached hydrogens (tertiary/aromatic N) is 1. The van der Waals surface area contributed by atoms with Gasteiger partial charge in [0, 0.05) is 36.1 Å². The van der Waals surface area contributed by atoms with Crippen molar-refractivity contribution in [3.8, 4) is 10.4 Å². The van der Waals surface area contributed by atoms with Crippen LogP contribution in [0.4, 0.5) is 0 Å². The molecule has 25 heavy (non-hydrogen) atoms. The van der Waals surface area contributed by atoms with Crippen LogP contribution in [-0.2, 0) is 0 Å². The number of carbonyl (C=O) groups is 1. The van der Waals surface area contributed by atoms with E-state index in [0.29, 0.717) is 17.9 Å². The van der Waals surface area contributed by atoms with Crippen LogP contribution in [0.3, 0.4) is 0 Å². The van der Waals surface area contributed by atoms with Crippen LogP contribution >= 0.6 is 23.7 Å². The predicted octanol–water partition coefficient (Wildman–Crippen LogP) is 3.91. The molecule has 1 amide bonds. The number of benzene rings is 1. The summed E-state index contributed by atoms with van der Waals surface area (Å²) in [7, 11) is 0. The van der Waals surface area contributed by atoms with Crippen LogP contribution in [0.1, 0.15) is 23.2 Å². The Labute approximate surface area is 158 Å². The van der Waals surface area contributed by atoms with Gasteiger partial charge in [-0.05, 0) is 59.7 Å². The topological polar surface area (TPSA) is 32.3 Å². The van der Waals surface area contributed by atoms with Crippen molar-refractivity contribution in [2.75, 3.05) is 19.6 Å². The van der Waals surface area contributed by atoms with E-state index in [1.807, 2.05) is 18.2 Å². The second kappa shape index (κ2) is 6.75. The summed E-state index contributed by atoms with van der Waals surface area (Å²) < 4.78 is 0. The van der Waals surface area contributed by atoms with E-state index >= 15 is 0 Å². The monoisotopic (exact) mass is 374 g/mol. The Kier molecular flexibility index (Phi) is 4.61. The Bertz CT molecular complexity index is 733. The molecule has 4 fully saturated rings. The van der Waals surface area contributed by atoms with Gasteiger partial charge in [0.1, 0.15) is 0 Å². The molecule has 1 aromatic carbocycles. The summed E-state index contributed by atoms with van der Waals surface area (Å²) in [5, 5.41) is 5.46. The molecule has 1 N–H and O–H groups in total. The number of piperidine rings is 3. The molecule has 0 spiro atoms. The van der Waals surface area contributed by atoms with Gasteiger partial charge < -0.3 is 10.2 Å². The summed E-state index contributed by atoms with van der Waals surface area (Å²) in [4.78, 5) is 16.7. The molecule has 6 rings (SSSR count). The zero-order valence-corrected chi connectivity index (χ0v) is 15.7. The van der Waals surface area contributed by atoms with Crippen molar-refractivity contribution in [3.63, 3.8) is 0 Å². The zero-order chi connectivity index (χ0) is 16.1. The lowest BCUT2D eigenvalue weighted by Crippen LogP contribution is -2.64. The molecule has 2 atom stereocenters. The molecular weight excluding hydrogens is 352 g/mol. The average Bonchev–Trinajstić information content (AvgIpc) is 3.12. The van der Waals surface area contributed by atoms with Crippen molar-refractivity contribution >= 4 is 29.7 Å². The van der Waals surface area contributed by atoms with E-state index in [4.69, 9.17) is 0 Å². The highest BCUT2D eigenvalue weighted by atomic mass is 35.5. The van der Waals surface area contributed by atoms with Gasteiger partial charge in [0.15, 0.2) is 0 Å². The van der Waals surface area contributed by atoms with Crippen molar-refractivity contribution in [2.24, 2.45) is 17.8 Å². The molecule has 1 aromatic heterocycles. The lowest BCUT2D eigenvalue weighted by molar-refractivity contribution is -0.0418. The molecule has 1 saturated carbocycles. The molecule has 132 valence electrons. The van der Waals surface area contributed by atoms with Crippen LogP contribution < -0.4 is 5.32 Å². The highest BCUT2D eigenvalue weighted by Gasteiger charge is 2.47. The number of halogens is 1. The van der Waals surface area contributed by atoms with E-state index < -0.39 is 0 Å². The Morgan fingerprint density at radius 3 is 2.56 bits per heavy atom. The van der Waals surface area contributed by atoms with Gasteiger partial charge in [-0.2, -0.15) is 0 Å². The first-order chi connectivity index (χ1) is 11.8. The Morgan fingerprint density at radius 2 is 1.88 bits per heavy atom. The van der Waals surface area contributed by atoms with Gasteiger partial charge in [0.2, 0.25) is 0 Å². The smallest absolute Gasteiger partial charge is 0.251 e. The Morgan fingerprint density at radius 1 is 1.08 bits per heavy atom. The summed E-state index contributed by atoms with van der Waals surface area (Å²) in [6.45, 7) is 3.64. The summed E-state index contributed by atoms with van der Waals surface area (Å²) in [5.41, 5.74) is 1.92. The number of amides is 1. The quantitative estimate of drug-likeness (QED) is 0.883. The van der Waals surface area contributed by atoms with Crippen molar-refractivity contribution in [1.29, 1.82) is 0 Å². The van der Waals surface area contributed by atoms with E-state index in [1.54, 1.807) is 11.3 Å². The fourth-order valence-corrected chi connectivity index (χ4v) is 5.86. The molecule has 0 radical (unpaired) electrons. The Balaban J connectivity index is 0.00000157. The van der Waals surface area contributed by atoms with Crippen LogP contribution in [0, 0.1) is 17.8 Å².